The van der Waals surface area contributed by atoms with Gasteiger partial charge in [-0.25, -0.2) is 0 Å². The molecule has 1 aliphatic heterocycles. The third kappa shape index (κ3) is 5.16. The zero-order chi connectivity index (χ0) is 16.3. The molecular formula is C16H29N3O2S. The topological polar surface area (TPSA) is 52.7 Å². The Morgan fingerprint density at radius 1 is 1.32 bits per heavy atom. The van der Waals surface area contributed by atoms with E-state index in [9.17, 15) is 9.59 Å². The second-order valence-electron chi connectivity index (χ2n) is 7.62. The summed E-state index contributed by atoms with van der Waals surface area (Å²) in [6, 6.07) is 0.412. The van der Waals surface area contributed by atoms with Gasteiger partial charge >= 0.3 is 0 Å². The molecule has 5 nitrogen and oxygen atoms in total. The van der Waals surface area contributed by atoms with Gasteiger partial charge in [0.2, 0.25) is 11.8 Å². The number of thioether (sulfide) groups is 1. The number of nitrogens with one attached hydrogen (secondary N) is 1. The predicted molar refractivity (Wildman–Crippen MR) is 90.7 cm³/mol. The Bertz CT molecular complexity index is 418. The van der Waals surface area contributed by atoms with Crippen LogP contribution in [0.5, 0.6) is 0 Å². The summed E-state index contributed by atoms with van der Waals surface area (Å²) in [7, 11) is 2.11. The van der Waals surface area contributed by atoms with Crippen LogP contribution in [-0.2, 0) is 9.59 Å². The lowest BCUT2D eigenvalue weighted by Crippen LogP contribution is -2.49. The van der Waals surface area contributed by atoms with E-state index in [0.717, 1.165) is 6.54 Å². The van der Waals surface area contributed by atoms with E-state index in [1.807, 2.05) is 0 Å². The number of hydrogen-bond donors (Lipinski definition) is 1. The van der Waals surface area contributed by atoms with E-state index in [2.05, 4.69) is 38.0 Å². The maximum absolute atomic E-state index is 12.4. The van der Waals surface area contributed by atoms with Gasteiger partial charge in [0.1, 0.15) is 6.04 Å². The summed E-state index contributed by atoms with van der Waals surface area (Å²) in [5, 5.41) is 3.00. The van der Waals surface area contributed by atoms with E-state index in [0.29, 0.717) is 30.6 Å². The van der Waals surface area contributed by atoms with Gasteiger partial charge in [0.05, 0.1) is 5.88 Å². The van der Waals surface area contributed by atoms with Crippen molar-refractivity contribution in [1.29, 1.82) is 0 Å². The number of carbonyl (C=O) groups is 2. The van der Waals surface area contributed by atoms with E-state index in [-0.39, 0.29) is 23.3 Å². The van der Waals surface area contributed by atoms with Gasteiger partial charge in [0.15, 0.2) is 0 Å². The average Bonchev–Trinajstić information content (AvgIpc) is 3.13. The van der Waals surface area contributed by atoms with Gasteiger partial charge in [-0.15, -0.1) is 11.8 Å². The molecule has 0 aromatic heterocycles. The Hall–Kier alpha value is -0.750. The van der Waals surface area contributed by atoms with E-state index in [4.69, 9.17) is 0 Å². The summed E-state index contributed by atoms with van der Waals surface area (Å²) < 4.78 is 0. The van der Waals surface area contributed by atoms with Gasteiger partial charge < -0.3 is 15.1 Å². The Morgan fingerprint density at radius 2 is 2.00 bits per heavy atom. The smallest absolute Gasteiger partial charge is 0.243 e. The Balaban J connectivity index is 1.78. The van der Waals surface area contributed by atoms with Crippen LogP contribution in [0.3, 0.4) is 0 Å². The molecule has 0 aromatic carbocycles. The highest BCUT2D eigenvalue weighted by Crippen LogP contribution is 2.27. The molecule has 6 heteroatoms. The minimum absolute atomic E-state index is 0.00328. The number of amides is 2. The monoisotopic (exact) mass is 327 g/mol. The van der Waals surface area contributed by atoms with Gasteiger partial charge in [-0.2, -0.15) is 0 Å². The number of hydrogen-bond acceptors (Lipinski definition) is 4. The summed E-state index contributed by atoms with van der Waals surface area (Å²) in [4.78, 5) is 28.8. The third-order valence-electron chi connectivity index (χ3n) is 4.12. The normalized spacial score (nSPS) is 22.2. The second-order valence-corrected chi connectivity index (χ2v) is 8.62. The first-order valence-corrected chi connectivity index (χ1v) is 9.28. The van der Waals surface area contributed by atoms with Crippen LogP contribution in [0.25, 0.3) is 0 Å². The fraction of sp³-hybridized carbons (Fsp3) is 0.875. The Labute approximate surface area is 138 Å². The number of nitrogens with zero attached hydrogens (tertiary/aromatic N) is 2. The van der Waals surface area contributed by atoms with Crippen molar-refractivity contribution in [3.8, 4) is 0 Å². The van der Waals surface area contributed by atoms with E-state index >= 15 is 0 Å². The molecule has 1 saturated heterocycles. The molecule has 2 fully saturated rings. The highest BCUT2D eigenvalue weighted by atomic mass is 32.2. The largest absolute Gasteiger partial charge is 0.353 e. The van der Waals surface area contributed by atoms with Gasteiger partial charge in [-0.05, 0) is 25.3 Å². The van der Waals surface area contributed by atoms with Crippen LogP contribution >= 0.6 is 11.8 Å². The van der Waals surface area contributed by atoms with Crippen molar-refractivity contribution in [2.24, 2.45) is 5.41 Å². The molecule has 22 heavy (non-hydrogen) atoms. The molecule has 0 radical (unpaired) electrons. The van der Waals surface area contributed by atoms with Crippen LogP contribution in [0.15, 0.2) is 0 Å². The van der Waals surface area contributed by atoms with Gasteiger partial charge in [-0.1, -0.05) is 20.8 Å². The molecule has 2 aliphatic rings. The molecule has 1 N–H and O–H groups in total. The predicted octanol–water partition coefficient (Wildman–Crippen LogP) is 1.53. The highest BCUT2D eigenvalue weighted by Gasteiger charge is 2.35. The molecule has 1 saturated carbocycles. The van der Waals surface area contributed by atoms with Gasteiger partial charge in [-0.3, -0.25) is 9.59 Å². The SMILES string of the molecule is CN(CCNC(=O)C1CSCN1C(=O)CC(C)(C)C)C1CC1. The minimum atomic E-state index is -0.300. The van der Waals surface area contributed by atoms with Gasteiger partial charge in [0.25, 0.3) is 0 Å². The van der Waals surface area contributed by atoms with Crippen molar-refractivity contribution >= 4 is 23.6 Å². The molecule has 2 rings (SSSR count). The summed E-state index contributed by atoms with van der Waals surface area (Å²) in [6.45, 7) is 7.70. The van der Waals surface area contributed by atoms with Crippen molar-refractivity contribution in [2.75, 3.05) is 31.8 Å². The lowest BCUT2D eigenvalue weighted by atomic mass is 9.91. The average molecular weight is 327 g/mol. The van der Waals surface area contributed by atoms with Crippen LogP contribution < -0.4 is 5.32 Å². The zero-order valence-electron chi connectivity index (χ0n) is 14.2. The number of rotatable bonds is 6. The molecule has 0 bridgehead atoms. The molecular weight excluding hydrogens is 298 g/mol. The molecule has 2 amide bonds. The first kappa shape index (κ1) is 17.6. The molecule has 126 valence electrons. The van der Waals surface area contributed by atoms with Crippen LogP contribution in [-0.4, -0.2) is 65.5 Å². The van der Waals surface area contributed by atoms with Crippen molar-refractivity contribution in [2.45, 2.75) is 52.1 Å². The van der Waals surface area contributed by atoms with Crippen LogP contribution in [0.4, 0.5) is 0 Å². The zero-order valence-corrected chi connectivity index (χ0v) is 15.0. The van der Waals surface area contributed by atoms with Crippen molar-refractivity contribution < 1.29 is 9.59 Å². The number of likely N-dealkylation sites (N-methyl/N-ethyl adjacent to an activating group) is 1. The van der Waals surface area contributed by atoms with Crippen molar-refractivity contribution in [3.05, 3.63) is 0 Å². The van der Waals surface area contributed by atoms with Crippen LogP contribution in [0.1, 0.15) is 40.0 Å². The van der Waals surface area contributed by atoms with E-state index < -0.39 is 0 Å². The standard InChI is InChI=1S/C16H29N3O2S/c1-16(2,3)9-14(20)19-11-22-10-13(19)15(21)17-7-8-18(4)12-5-6-12/h12-13H,5-11H2,1-4H3,(H,17,21). The highest BCUT2D eigenvalue weighted by molar-refractivity contribution is 7.99. The van der Waals surface area contributed by atoms with Crippen LogP contribution in [0, 0.1) is 5.41 Å². The fourth-order valence-corrected chi connectivity index (χ4v) is 3.81. The number of carbonyl (C=O) groups excluding carboxylic acids is 2. The Morgan fingerprint density at radius 3 is 2.59 bits per heavy atom. The molecule has 1 heterocycles. The van der Waals surface area contributed by atoms with Crippen molar-refractivity contribution in [3.63, 3.8) is 0 Å². The minimum Gasteiger partial charge on any atom is -0.353 e. The van der Waals surface area contributed by atoms with E-state index in [1.165, 1.54) is 12.8 Å². The van der Waals surface area contributed by atoms with Gasteiger partial charge in [0, 0.05) is 31.3 Å². The van der Waals surface area contributed by atoms with Crippen molar-refractivity contribution in [1.82, 2.24) is 15.1 Å². The summed E-state index contributed by atoms with van der Waals surface area (Å²) >= 11 is 1.66. The summed E-state index contributed by atoms with van der Waals surface area (Å²) in [6.07, 6.45) is 3.04. The lowest BCUT2D eigenvalue weighted by molar-refractivity contribution is -0.139. The maximum atomic E-state index is 12.4. The quantitative estimate of drug-likeness (QED) is 0.804. The lowest BCUT2D eigenvalue weighted by Gasteiger charge is -2.27. The molecule has 1 unspecified atom stereocenters. The summed E-state index contributed by atoms with van der Waals surface area (Å²) in [5.41, 5.74) is -0.0433. The molecule has 0 spiro atoms. The summed E-state index contributed by atoms with van der Waals surface area (Å²) in [5.74, 6) is 1.43. The second kappa shape index (κ2) is 7.21. The first-order valence-electron chi connectivity index (χ1n) is 8.13. The van der Waals surface area contributed by atoms with E-state index in [1.54, 1.807) is 16.7 Å². The first-order chi connectivity index (χ1) is 10.3. The Kier molecular flexibility index (Phi) is 5.77. The molecule has 1 aliphatic carbocycles. The third-order valence-corrected chi connectivity index (χ3v) is 5.13. The maximum Gasteiger partial charge on any atom is 0.243 e. The van der Waals surface area contributed by atoms with Crippen LogP contribution in [0.2, 0.25) is 0 Å². The molecule has 0 aromatic rings. The fourth-order valence-electron chi connectivity index (χ4n) is 2.63. The molecule has 1 atom stereocenters.